The van der Waals surface area contributed by atoms with Gasteiger partial charge in [-0.15, -0.1) is 22.7 Å². The summed E-state index contributed by atoms with van der Waals surface area (Å²) >= 11 is 3.57. The summed E-state index contributed by atoms with van der Waals surface area (Å²) in [5.74, 6) is 0. The molecule has 3 rings (SSSR count). The second-order valence-corrected chi connectivity index (χ2v) is 7.38. The predicted octanol–water partition coefficient (Wildman–Crippen LogP) is 3.52. The molecule has 1 fully saturated rings. The highest BCUT2D eigenvalue weighted by molar-refractivity contribution is 7.12. The molecule has 2 aromatic rings. The molecule has 3 nitrogen and oxygen atoms in total. The summed E-state index contributed by atoms with van der Waals surface area (Å²) in [6, 6.07) is 5.18. The summed E-state index contributed by atoms with van der Waals surface area (Å²) in [4.78, 5) is 8.32. The van der Waals surface area contributed by atoms with Crippen LogP contribution in [0, 0.1) is 6.92 Å². The number of thiazole rings is 1. The molecule has 1 aliphatic carbocycles. The molecule has 0 aliphatic heterocycles. The molecular formula is C15H20N2OS2. The number of aryl methyl sites for hydroxylation is 1. The zero-order valence-corrected chi connectivity index (χ0v) is 13.4. The SMILES string of the molecule is Cc1ncsc1CCOCc1ccc(CNC2CC2)s1. The maximum absolute atomic E-state index is 5.77. The quantitative estimate of drug-likeness (QED) is 0.758. The molecule has 2 heterocycles. The molecule has 20 heavy (non-hydrogen) atoms. The van der Waals surface area contributed by atoms with E-state index in [0.29, 0.717) is 0 Å². The predicted molar refractivity (Wildman–Crippen MR) is 84.4 cm³/mol. The van der Waals surface area contributed by atoms with E-state index in [9.17, 15) is 0 Å². The molecule has 1 saturated carbocycles. The normalized spacial score (nSPS) is 14.8. The van der Waals surface area contributed by atoms with Crippen molar-refractivity contribution in [3.8, 4) is 0 Å². The molecule has 0 radical (unpaired) electrons. The molecule has 1 N–H and O–H groups in total. The van der Waals surface area contributed by atoms with E-state index < -0.39 is 0 Å². The maximum atomic E-state index is 5.77. The van der Waals surface area contributed by atoms with E-state index in [4.69, 9.17) is 4.74 Å². The molecule has 0 amide bonds. The maximum Gasteiger partial charge on any atom is 0.0809 e. The van der Waals surface area contributed by atoms with Gasteiger partial charge in [0.25, 0.3) is 0 Å². The first kappa shape index (κ1) is 14.2. The molecule has 0 bridgehead atoms. The van der Waals surface area contributed by atoms with Crippen molar-refractivity contribution >= 4 is 22.7 Å². The summed E-state index contributed by atoms with van der Waals surface area (Å²) in [5.41, 5.74) is 3.05. The largest absolute Gasteiger partial charge is 0.376 e. The Morgan fingerprint density at radius 3 is 2.95 bits per heavy atom. The molecule has 0 saturated heterocycles. The van der Waals surface area contributed by atoms with Crippen molar-refractivity contribution in [3.63, 3.8) is 0 Å². The van der Waals surface area contributed by atoms with E-state index >= 15 is 0 Å². The van der Waals surface area contributed by atoms with Crippen LogP contribution in [0.25, 0.3) is 0 Å². The van der Waals surface area contributed by atoms with Crippen LogP contribution >= 0.6 is 22.7 Å². The third kappa shape index (κ3) is 4.12. The lowest BCUT2D eigenvalue weighted by Gasteiger charge is -2.02. The van der Waals surface area contributed by atoms with Gasteiger partial charge in [0.05, 0.1) is 24.4 Å². The minimum absolute atomic E-state index is 0.728. The Kier molecular flexibility index (Phi) is 4.83. The van der Waals surface area contributed by atoms with Gasteiger partial charge < -0.3 is 10.1 Å². The van der Waals surface area contributed by atoms with Gasteiger partial charge in [-0.3, -0.25) is 0 Å². The van der Waals surface area contributed by atoms with Crippen LogP contribution in [0.3, 0.4) is 0 Å². The van der Waals surface area contributed by atoms with Crippen LogP contribution in [-0.4, -0.2) is 17.6 Å². The van der Waals surface area contributed by atoms with Gasteiger partial charge in [0.2, 0.25) is 0 Å². The lowest BCUT2D eigenvalue weighted by atomic mass is 10.3. The van der Waals surface area contributed by atoms with Gasteiger partial charge in [-0.2, -0.15) is 0 Å². The number of rotatable bonds is 8. The number of hydrogen-bond acceptors (Lipinski definition) is 5. The minimum atomic E-state index is 0.728. The number of hydrogen-bond donors (Lipinski definition) is 1. The lowest BCUT2D eigenvalue weighted by Crippen LogP contribution is -2.14. The van der Waals surface area contributed by atoms with Crippen molar-refractivity contribution in [2.24, 2.45) is 0 Å². The highest BCUT2D eigenvalue weighted by atomic mass is 32.1. The fourth-order valence-electron chi connectivity index (χ4n) is 2.03. The average molecular weight is 308 g/mol. The average Bonchev–Trinajstić information content (AvgIpc) is 3.03. The standard InChI is InChI=1S/C15H20N2OS2/c1-11-15(19-10-17-11)6-7-18-9-14-5-4-13(20-14)8-16-12-2-3-12/h4-5,10,12,16H,2-3,6-9H2,1H3. The van der Waals surface area contributed by atoms with Crippen molar-refractivity contribution in [2.45, 2.75) is 45.4 Å². The summed E-state index contributed by atoms with van der Waals surface area (Å²) < 4.78 is 5.77. The zero-order chi connectivity index (χ0) is 13.8. The number of thiophene rings is 1. The van der Waals surface area contributed by atoms with Gasteiger partial charge in [-0.05, 0) is 31.9 Å². The van der Waals surface area contributed by atoms with Gasteiger partial charge >= 0.3 is 0 Å². The Labute approximate surface area is 128 Å². The summed E-state index contributed by atoms with van der Waals surface area (Å²) in [6.45, 7) is 4.57. The monoisotopic (exact) mass is 308 g/mol. The molecule has 2 aromatic heterocycles. The topological polar surface area (TPSA) is 34.1 Å². The first-order valence-electron chi connectivity index (χ1n) is 7.09. The minimum Gasteiger partial charge on any atom is -0.376 e. The number of aromatic nitrogens is 1. The van der Waals surface area contributed by atoms with Gasteiger partial charge in [0.1, 0.15) is 0 Å². The Bertz CT molecular complexity index is 546. The van der Waals surface area contributed by atoms with Gasteiger partial charge in [0.15, 0.2) is 0 Å². The van der Waals surface area contributed by atoms with Crippen molar-refractivity contribution in [1.82, 2.24) is 10.3 Å². The highest BCUT2D eigenvalue weighted by Crippen LogP contribution is 2.22. The molecule has 5 heteroatoms. The lowest BCUT2D eigenvalue weighted by molar-refractivity contribution is 0.126. The number of nitrogens with zero attached hydrogens (tertiary/aromatic N) is 1. The van der Waals surface area contributed by atoms with Crippen LogP contribution in [0.4, 0.5) is 0 Å². The Hall–Kier alpha value is -0.750. The van der Waals surface area contributed by atoms with Crippen LogP contribution in [-0.2, 0) is 24.3 Å². The van der Waals surface area contributed by atoms with Crippen LogP contribution in [0.5, 0.6) is 0 Å². The van der Waals surface area contributed by atoms with Crippen LogP contribution < -0.4 is 5.32 Å². The van der Waals surface area contributed by atoms with Crippen LogP contribution in [0.2, 0.25) is 0 Å². The summed E-state index contributed by atoms with van der Waals surface area (Å²) in [6.07, 6.45) is 3.66. The summed E-state index contributed by atoms with van der Waals surface area (Å²) in [5, 5.41) is 3.54. The van der Waals surface area contributed by atoms with Gasteiger partial charge in [0, 0.05) is 33.6 Å². The van der Waals surface area contributed by atoms with Crippen molar-refractivity contribution in [1.29, 1.82) is 0 Å². The van der Waals surface area contributed by atoms with Crippen molar-refractivity contribution in [2.75, 3.05) is 6.61 Å². The first-order chi connectivity index (χ1) is 9.81. The van der Waals surface area contributed by atoms with Gasteiger partial charge in [-0.25, -0.2) is 4.98 Å². The molecule has 0 unspecified atom stereocenters. The van der Waals surface area contributed by atoms with Crippen LogP contribution in [0.1, 0.15) is 33.2 Å². The fraction of sp³-hybridized carbons (Fsp3) is 0.533. The molecule has 108 valence electrons. The highest BCUT2D eigenvalue weighted by Gasteiger charge is 2.20. The molecular weight excluding hydrogens is 288 g/mol. The molecule has 0 spiro atoms. The summed E-state index contributed by atoms with van der Waals surface area (Å²) in [7, 11) is 0. The second-order valence-electron chi connectivity index (χ2n) is 5.19. The molecule has 0 atom stereocenters. The van der Waals surface area contributed by atoms with E-state index in [1.807, 2.05) is 16.8 Å². The van der Waals surface area contributed by atoms with Crippen molar-refractivity contribution < 1.29 is 4.74 Å². The van der Waals surface area contributed by atoms with E-state index in [1.165, 1.54) is 27.5 Å². The fourth-order valence-corrected chi connectivity index (χ4v) is 3.70. The second kappa shape index (κ2) is 6.80. The third-order valence-corrected chi connectivity index (χ3v) is 5.48. The molecule has 0 aromatic carbocycles. The number of ether oxygens (including phenoxy) is 1. The Balaban J connectivity index is 1.36. The molecule has 1 aliphatic rings. The van der Waals surface area contributed by atoms with Crippen LogP contribution in [0.15, 0.2) is 17.6 Å². The zero-order valence-electron chi connectivity index (χ0n) is 11.7. The van der Waals surface area contributed by atoms with E-state index in [2.05, 4.69) is 29.4 Å². The number of nitrogens with one attached hydrogen (secondary N) is 1. The van der Waals surface area contributed by atoms with Gasteiger partial charge in [-0.1, -0.05) is 0 Å². The van der Waals surface area contributed by atoms with E-state index in [-0.39, 0.29) is 0 Å². The van der Waals surface area contributed by atoms with E-state index in [1.54, 1.807) is 11.3 Å². The van der Waals surface area contributed by atoms with E-state index in [0.717, 1.165) is 37.9 Å². The Morgan fingerprint density at radius 2 is 2.20 bits per heavy atom. The Morgan fingerprint density at radius 1 is 1.35 bits per heavy atom. The third-order valence-electron chi connectivity index (χ3n) is 3.42. The van der Waals surface area contributed by atoms with Crippen molar-refractivity contribution in [3.05, 3.63) is 38.0 Å². The smallest absolute Gasteiger partial charge is 0.0809 e. The first-order valence-corrected chi connectivity index (χ1v) is 8.78.